The quantitative estimate of drug-likeness (QED) is 0.823. The molecule has 0 radical (unpaired) electrons. The van der Waals surface area contributed by atoms with Crippen LogP contribution in [0.3, 0.4) is 0 Å². The van der Waals surface area contributed by atoms with Gasteiger partial charge in [-0.2, -0.15) is 0 Å². The number of halogens is 1. The molecule has 0 aromatic heterocycles. The molecule has 0 saturated carbocycles. The van der Waals surface area contributed by atoms with Crippen LogP contribution in [0.1, 0.15) is 16.7 Å². The molecule has 0 aliphatic heterocycles. The highest BCUT2D eigenvalue weighted by Crippen LogP contribution is 2.24. The van der Waals surface area contributed by atoms with Gasteiger partial charge in [-0.25, -0.2) is 0 Å². The zero-order valence-electron chi connectivity index (χ0n) is 11.7. The number of aryl methyl sites for hydroxylation is 1. The molecule has 0 unspecified atom stereocenters. The highest BCUT2D eigenvalue weighted by atomic mass is 79.9. The number of hydrogen-bond donors (Lipinski definition) is 0. The molecule has 20 heavy (non-hydrogen) atoms. The summed E-state index contributed by atoms with van der Waals surface area (Å²) < 4.78 is 6.25. The lowest BCUT2D eigenvalue weighted by Gasteiger charge is -2.08. The Morgan fingerprint density at radius 2 is 1.95 bits per heavy atom. The topological polar surface area (TPSA) is 26.3 Å². The Bertz CT molecular complexity index is 620. The molecule has 0 aliphatic rings. The Balaban J connectivity index is 2.10. The third-order valence-electron chi connectivity index (χ3n) is 3.11. The largest absolute Gasteiger partial charge is 0.496 e. The minimum atomic E-state index is 0.187. The summed E-state index contributed by atoms with van der Waals surface area (Å²) in [5.41, 5.74) is 3.15. The van der Waals surface area contributed by atoms with E-state index in [9.17, 15) is 4.79 Å². The first-order valence-corrected chi connectivity index (χ1v) is 7.27. The minimum Gasteiger partial charge on any atom is -0.496 e. The Labute approximate surface area is 127 Å². The minimum absolute atomic E-state index is 0.187. The monoisotopic (exact) mass is 332 g/mol. The second-order valence-corrected chi connectivity index (χ2v) is 5.75. The van der Waals surface area contributed by atoms with Crippen molar-refractivity contribution in [1.82, 2.24) is 0 Å². The molecule has 2 rings (SSSR count). The Morgan fingerprint density at radius 3 is 2.65 bits per heavy atom. The van der Waals surface area contributed by atoms with Crippen LogP contribution in [0, 0.1) is 6.92 Å². The molecule has 0 heterocycles. The van der Waals surface area contributed by atoms with E-state index in [2.05, 4.69) is 22.0 Å². The molecule has 0 N–H and O–H groups in total. The fourth-order valence-corrected chi connectivity index (χ4v) is 2.62. The van der Waals surface area contributed by atoms with Crippen LogP contribution in [0.15, 0.2) is 46.9 Å². The Morgan fingerprint density at radius 1 is 1.15 bits per heavy atom. The van der Waals surface area contributed by atoms with Crippen LogP contribution < -0.4 is 4.74 Å². The SMILES string of the molecule is COc1ccc(Br)cc1CC(=O)Cc1cccc(C)c1. The predicted molar refractivity (Wildman–Crippen MR) is 84.3 cm³/mol. The van der Waals surface area contributed by atoms with E-state index in [1.807, 2.05) is 43.3 Å². The normalized spacial score (nSPS) is 10.3. The number of methoxy groups -OCH3 is 1. The van der Waals surface area contributed by atoms with Gasteiger partial charge in [-0.05, 0) is 30.7 Å². The van der Waals surface area contributed by atoms with Gasteiger partial charge in [0.1, 0.15) is 11.5 Å². The van der Waals surface area contributed by atoms with Gasteiger partial charge in [-0.1, -0.05) is 45.8 Å². The van der Waals surface area contributed by atoms with Crippen LogP contribution >= 0.6 is 15.9 Å². The number of rotatable bonds is 5. The average molecular weight is 333 g/mol. The van der Waals surface area contributed by atoms with E-state index in [0.717, 1.165) is 21.3 Å². The average Bonchev–Trinajstić information content (AvgIpc) is 2.38. The zero-order valence-corrected chi connectivity index (χ0v) is 13.2. The molecule has 0 saturated heterocycles. The van der Waals surface area contributed by atoms with E-state index in [4.69, 9.17) is 4.74 Å². The van der Waals surface area contributed by atoms with Crippen molar-refractivity contribution in [1.29, 1.82) is 0 Å². The highest BCUT2D eigenvalue weighted by Gasteiger charge is 2.10. The van der Waals surface area contributed by atoms with E-state index in [1.165, 1.54) is 5.56 Å². The van der Waals surface area contributed by atoms with Crippen molar-refractivity contribution in [2.24, 2.45) is 0 Å². The molecule has 2 aromatic carbocycles. The number of ketones is 1. The van der Waals surface area contributed by atoms with Crippen LogP contribution in [0.25, 0.3) is 0 Å². The number of ether oxygens (including phenoxy) is 1. The number of benzene rings is 2. The van der Waals surface area contributed by atoms with Crippen LogP contribution in [0.4, 0.5) is 0 Å². The van der Waals surface area contributed by atoms with Crippen LogP contribution in [-0.4, -0.2) is 12.9 Å². The summed E-state index contributed by atoms with van der Waals surface area (Å²) in [6.07, 6.45) is 0.841. The molecule has 2 aromatic rings. The van der Waals surface area contributed by atoms with Crippen molar-refractivity contribution in [3.05, 3.63) is 63.6 Å². The summed E-state index contributed by atoms with van der Waals surface area (Å²) in [6, 6.07) is 13.8. The molecular weight excluding hydrogens is 316 g/mol. The Hall–Kier alpha value is -1.61. The third kappa shape index (κ3) is 3.94. The van der Waals surface area contributed by atoms with Crippen molar-refractivity contribution in [2.45, 2.75) is 19.8 Å². The van der Waals surface area contributed by atoms with Gasteiger partial charge in [0, 0.05) is 22.9 Å². The molecule has 0 bridgehead atoms. The summed E-state index contributed by atoms with van der Waals surface area (Å²) in [4.78, 5) is 12.2. The highest BCUT2D eigenvalue weighted by molar-refractivity contribution is 9.10. The van der Waals surface area contributed by atoms with E-state index in [0.29, 0.717) is 12.8 Å². The van der Waals surface area contributed by atoms with Gasteiger partial charge in [-0.3, -0.25) is 4.79 Å². The van der Waals surface area contributed by atoms with Crippen molar-refractivity contribution < 1.29 is 9.53 Å². The van der Waals surface area contributed by atoms with Crippen molar-refractivity contribution in [3.8, 4) is 5.75 Å². The third-order valence-corrected chi connectivity index (χ3v) is 3.61. The summed E-state index contributed by atoms with van der Waals surface area (Å²) in [6.45, 7) is 2.03. The predicted octanol–water partition coefficient (Wildman–Crippen LogP) is 4.12. The second kappa shape index (κ2) is 6.71. The number of carbonyl (C=O) groups excluding carboxylic acids is 1. The first-order chi connectivity index (χ1) is 9.58. The lowest BCUT2D eigenvalue weighted by molar-refractivity contribution is -0.117. The van der Waals surface area contributed by atoms with Gasteiger partial charge >= 0.3 is 0 Å². The molecule has 0 spiro atoms. The number of Topliss-reactive ketones (excluding diaryl/α,β-unsaturated/α-hetero) is 1. The summed E-state index contributed by atoms with van der Waals surface area (Å²) >= 11 is 3.42. The second-order valence-electron chi connectivity index (χ2n) is 4.84. The van der Waals surface area contributed by atoms with Crippen LogP contribution in [-0.2, 0) is 17.6 Å². The lowest BCUT2D eigenvalue weighted by Crippen LogP contribution is -2.07. The maximum Gasteiger partial charge on any atom is 0.141 e. The van der Waals surface area contributed by atoms with Crippen LogP contribution in [0.5, 0.6) is 5.75 Å². The smallest absolute Gasteiger partial charge is 0.141 e. The van der Waals surface area contributed by atoms with E-state index in [-0.39, 0.29) is 5.78 Å². The first kappa shape index (κ1) is 14.8. The maximum absolute atomic E-state index is 12.2. The molecule has 0 aliphatic carbocycles. The molecular formula is C17H17BrO2. The molecule has 3 heteroatoms. The molecule has 0 atom stereocenters. The number of hydrogen-bond acceptors (Lipinski definition) is 2. The van der Waals surface area contributed by atoms with Gasteiger partial charge in [0.15, 0.2) is 0 Å². The Kier molecular flexibility index (Phi) is 4.96. The fourth-order valence-electron chi connectivity index (χ4n) is 2.21. The van der Waals surface area contributed by atoms with E-state index >= 15 is 0 Å². The zero-order chi connectivity index (χ0) is 14.5. The van der Waals surface area contributed by atoms with Crippen molar-refractivity contribution in [3.63, 3.8) is 0 Å². The molecule has 2 nitrogen and oxygen atoms in total. The van der Waals surface area contributed by atoms with Gasteiger partial charge in [0.2, 0.25) is 0 Å². The van der Waals surface area contributed by atoms with Gasteiger partial charge in [-0.15, -0.1) is 0 Å². The van der Waals surface area contributed by atoms with Gasteiger partial charge in [0.05, 0.1) is 7.11 Å². The fraction of sp³-hybridized carbons (Fsp3) is 0.235. The van der Waals surface area contributed by atoms with Crippen LogP contribution in [0.2, 0.25) is 0 Å². The van der Waals surface area contributed by atoms with E-state index < -0.39 is 0 Å². The van der Waals surface area contributed by atoms with E-state index in [1.54, 1.807) is 7.11 Å². The lowest BCUT2D eigenvalue weighted by atomic mass is 10.0. The molecule has 0 fully saturated rings. The molecule has 0 amide bonds. The first-order valence-electron chi connectivity index (χ1n) is 6.48. The van der Waals surface area contributed by atoms with Crippen molar-refractivity contribution >= 4 is 21.7 Å². The van der Waals surface area contributed by atoms with Gasteiger partial charge in [0.25, 0.3) is 0 Å². The summed E-state index contributed by atoms with van der Waals surface area (Å²) in [5, 5.41) is 0. The number of carbonyl (C=O) groups is 1. The summed E-state index contributed by atoms with van der Waals surface area (Å²) in [5.74, 6) is 0.942. The maximum atomic E-state index is 12.2. The van der Waals surface area contributed by atoms with Crippen molar-refractivity contribution in [2.75, 3.05) is 7.11 Å². The standard InChI is InChI=1S/C17H17BrO2/c1-12-4-3-5-13(8-12)9-16(19)11-14-10-15(18)6-7-17(14)20-2/h3-8,10H,9,11H2,1-2H3. The van der Waals surface area contributed by atoms with Gasteiger partial charge < -0.3 is 4.74 Å². The summed E-state index contributed by atoms with van der Waals surface area (Å²) in [7, 11) is 1.62. The molecule has 104 valence electrons.